The van der Waals surface area contributed by atoms with Gasteiger partial charge < -0.3 is 9.47 Å². The number of benzene rings is 1. The Hall–Kier alpha value is -0.770. The topological polar surface area (TPSA) is 21.7 Å². The van der Waals surface area contributed by atoms with Crippen LogP contribution in [-0.2, 0) is 4.74 Å². The lowest BCUT2D eigenvalue weighted by atomic mass is 10.2. The average molecular weight is 256 g/mol. The molecule has 1 aliphatic heterocycles. The van der Waals surface area contributed by atoms with Crippen LogP contribution in [0.3, 0.4) is 0 Å². The van der Waals surface area contributed by atoms with Gasteiger partial charge in [-0.1, -0.05) is 23.7 Å². The molecule has 0 bridgehead atoms. The predicted octanol–water partition coefficient (Wildman–Crippen LogP) is 2.36. The number of aryl methyl sites for hydroxylation is 1. The molecule has 0 aromatic heterocycles. The largest absolute Gasteiger partial charge is 0.491 e. The second-order valence-corrected chi connectivity index (χ2v) is 4.57. The molecule has 0 atom stereocenters. The number of hydrogen-bond acceptors (Lipinski definition) is 3. The van der Waals surface area contributed by atoms with Crippen molar-refractivity contribution in [3.8, 4) is 5.75 Å². The zero-order valence-corrected chi connectivity index (χ0v) is 10.9. The van der Waals surface area contributed by atoms with Crippen LogP contribution in [0, 0.1) is 6.92 Å². The quantitative estimate of drug-likeness (QED) is 0.825. The van der Waals surface area contributed by atoms with Crippen molar-refractivity contribution in [2.45, 2.75) is 6.92 Å². The Kier molecular flexibility index (Phi) is 4.66. The van der Waals surface area contributed by atoms with Gasteiger partial charge >= 0.3 is 0 Å². The molecule has 0 N–H and O–H groups in total. The summed E-state index contributed by atoms with van der Waals surface area (Å²) >= 11 is 6.16. The summed E-state index contributed by atoms with van der Waals surface area (Å²) in [6.07, 6.45) is 0. The lowest BCUT2D eigenvalue weighted by Crippen LogP contribution is -2.38. The molecule has 1 aromatic rings. The van der Waals surface area contributed by atoms with Crippen LogP contribution in [0.1, 0.15) is 5.56 Å². The van der Waals surface area contributed by atoms with Gasteiger partial charge in [0.1, 0.15) is 12.4 Å². The fraction of sp³-hybridized carbons (Fsp3) is 0.538. The molecule has 3 nitrogen and oxygen atoms in total. The maximum absolute atomic E-state index is 6.16. The number of nitrogens with zero attached hydrogens (tertiary/aromatic N) is 1. The van der Waals surface area contributed by atoms with Crippen molar-refractivity contribution < 1.29 is 9.47 Å². The Morgan fingerprint density at radius 1 is 1.35 bits per heavy atom. The Morgan fingerprint density at radius 2 is 2.12 bits per heavy atom. The van der Waals surface area contributed by atoms with Crippen molar-refractivity contribution in [1.29, 1.82) is 0 Å². The SMILES string of the molecule is Cc1cccc(OCCN2CCOCC2)c1Cl. The van der Waals surface area contributed by atoms with Crippen LogP contribution in [0.5, 0.6) is 5.75 Å². The van der Waals surface area contributed by atoms with Gasteiger partial charge in [0, 0.05) is 19.6 Å². The molecule has 2 rings (SSSR count). The summed E-state index contributed by atoms with van der Waals surface area (Å²) in [5, 5.41) is 0.717. The fourth-order valence-electron chi connectivity index (χ4n) is 1.84. The van der Waals surface area contributed by atoms with E-state index in [0.717, 1.165) is 49.2 Å². The minimum absolute atomic E-state index is 0.670. The average Bonchev–Trinajstić information content (AvgIpc) is 2.36. The van der Waals surface area contributed by atoms with E-state index >= 15 is 0 Å². The highest BCUT2D eigenvalue weighted by Crippen LogP contribution is 2.27. The monoisotopic (exact) mass is 255 g/mol. The van der Waals surface area contributed by atoms with Gasteiger partial charge in [-0.05, 0) is 18.6 Å². The van der Waals surface area contributed by atoms with Crippen molar-refractivity contribution in [3.05, 3.63) is 28.8 Å². The molecule has 94 valence electrons. The van der Waals surface area contributed by atoms with E-state index in [4.69, 9.17) is 21.1 Å². The second-order valence-electron chi connectivity index (χ2n) is 4.19. The molecular formula is C13H18ClNO2. The van der Waals surface area contributed by atoms with E-state index in [2.05, 4.69) is 4.90 Å². The van der Waals surface area contributed by atoms with Crippen LogP contribution in [0.2, 0.25) is 5.02 Å². The molecule has 1 fully saturated rings. The van der Waals surface area contributed by atoms with Gasteiger partial charge in [-0.25, -0.2) is 0 Å². The first-order valence-corrected chi connectivity index (χ1v) is 6.33. The van der Waals surface area contributed by atoms with Crippen molar-refractivity contribution in [3.63, 3.8) is 0 Å². The van der Waals surface area contributed by atoms with Gasteiger partial charge in [0.25, 0.3) is 0 Å². The highest BCUT2D eigenvalue weighted by Gasteiger charge is 2.10. The maximum Gasteiger partial charge on any atom is 0.138 e. The van der Waals surface area contributed by atoms with Gasteiger partial charge in [-0.2, -0.15) is 0 Å². The Labute approximate surface area is 107 Å². The fourth-order valence-corrected chi connectivity index (χ4v) is 2.02. The second kappa shape index (κ2) is 6.24. The number of hydrogen-bond donors (Lipinski definition) is 0. The van der Waals surface area contributed by atoms with Crippen LogP contribution in [0.4, 0.5) is 0 Å². The van der Waals surface area contributed by atoms with Crippen molar-refractivity contribution in [1.82, 2.24) is 4.90 Å². The van der Waals surface area contributed by atoms with Crippen LogP contribution >= 0.6 is 11.6 Å². The van der Waals surface area contributed by atoms with Gasteiger partial charge in [0.15, 0.2) is 0 Å². The van der Waals surface area contributed by atoms with Crippen molar-refractivity contribution in [2.24, 2.45) is 0 Å². The van der Waals surface area contributed by atoms with Crippen LogP contribution in [-0.4, -0.2) is 44.4 Å². The summed E-state index contributed by atoms with van der Waals surface area (Å²) in [4.78, 5) is 2.34. The zero-order valence-electron chi connectivity index (χ0n) is 10.1. The summed E-state index contributed by atoms with van der Waals surface area (Å²) in [7, 11) is 0. The molecule has 1 aliphatic rings. The van der Waals surface area contributed by atoms with Crippen LogP contribution < -0.4 is 4.74 Å². The normalized spacial score (nSPS) is 17.1. The van der Waals surface area contributed by atoms with E-state index in [9.17, 15) is 0 Å². The van der Waals surface area contributed by atoms with Gasteiger partial charge in [0.2, 0.25) is 0 Å². The molecule has 1 heterocycles. The van der Waals surface area contributed by atoms with Crippen LogP contribution in [0.15, 0.2) is 18.2 Å². The molecular weight excluding hydrogens is 238 g/mol. The minimum Gasteiger partial charge on any atom is -0.491 e. The molecule has 1 saturated heterocycles. The molecule has 4 heteroatoms. The number of ether oxygens (including phenoxy) is 2. The lowest BCUT2D eigenvalue weighted by molar-refractivity contribution is 0.0322. The third kappa shape index (κ3) is 3.60. The zero-order chi connectivity index (χ0) is 12.1. The number of morpholine rings is 1. The van der Waals surface area contributed by atoms with Crippen molar-refractivity contribution in [2.75, 3.05) is 39.5 Å². The van der Waals surface area contributed by atoms with E-state index in [-0.39, 0.29) is 0 Å². The summed E-state index contributed by atoms with van der Waals surface area (Å²) in [6.45, 7) is 7.21. The summed E-state index contributed by atoms with van der Waals surface area (Å²) in [5.74, 6) is 0.778. The van der Waals surface area contributed by atoms with Crippen molar-refractivity contribution >= 4 is 11.6 Å². The molecule has 0 radical (unpaired) electrons. The number of halogens is 1. The van der Waals surface area contributed by atoms with Gasteiger partial charge in [-0.15, -0.1) is 0 Å². The summed E-state index contributed by atoms with van der Waals surface area (Å²) in [5.41, 5.74) is 1.05. The Balaban J connectivity index is 1.79. The van der Waals surface area contributed by atoms with Gasteiger partial charge in [-0.3, -0.25) is 4.90 Å². The van der Waals surface area contributed by atoms with E-state index < -0.39 is 0 Å². The van der Waals surface area contributed by atoms with E-state index in [0.29, 0.717) is 6.61 Å². The lowest BCUT2D eigenvalue weighted by Gasteiger charge is -2.26. The smallest absolute Gasteiger partial charge is 0.138 e. The molecule has 1 aromatic carbocycles. The Bertz CT molecular complexity index is 364. The minimum atomic E-state index is 0.670. The van der Waals surface area contributed by atoms with E-state index in [1.54, 1.807) is 0 Å². The molecule has 0 unspecified atom stereocenters. The number of rotatable bonds is 4. The first-order chi connectivity index (χ1) is 8.27. The third-order valence-electron chi connectivity index (χ3n) is 2.93. The molecule has 17 heavy (non-hydrogen) atoms. The standard InChI is InChI=1S/C13H18ClNO2/c1-11-3-2-4-12(13(11)14)17-10-7-15-5-8-16-9-6-15/h2-4H,5-10H2,1H3. The van der Waals surface area contributed by atoms with Crippen LogP contribution in [0.25, 0.3) is 0 Å². The summed E-state index contributed by atoms with van der Waals surface area (Å²) < 4.78 is 11.0. The third-order valence-corrected chi connectivity index (χ3v) is 3.41. The first-order valence-electron chi connectivity index (χ1n) is 5.95. The Morgan fingerprint density at radius 3 is 2.88 bits per heavy atom. The van der Waals surface area contributed by atoms with Gasteiger partial charge in [0.05, 0.1) is 18.2 Å². The predicted molar refractivity (Wildman–Crippen MR) is 68.9 cm³/mol. The first kappa shape index (κ1) is 12.7. The molecule has 0 saturated carbocycles. The molecule has 0 spiro atoms. The van der Waals surface area contributed by atoms with E-state index in [1.165, 1.54) is 0 Å². The highest BCUT2D eigenvalue weighted by atomic mass is 35.5. The molecule has 0 amide bonds. The van der Waals surface area contributed by atoms with E-state index in [1.807, 2.05) is 25.1 Å². The molecule has 0 aliphatic carbocycles. The highest BCUT2D eigenvalue weighted by molar-refractivity contribution is 6.32. The summed E-state index contributed by atoms with van der Waals surface area (Å²) in [6, 6.07) is 5.86. The maximum atomic E-state index is 6.16.